The Labute approximate surface area is 113 Å². The van der Waals surface area contributed by atoms with Gasteiger partial charge < -0.3 is 4.98 Å². The first-order chi connectivity index (χ1) is 8.63. The average molecular weight is 260 g/mol. The van der Waals surface area contributed by atoms with Crippen LogP contribution in [0.1, 0.15) is 50.0 Å². The summed E-state index contributed by atoms with van der Waals surface area (Å²) in [7, 11) is 0. The van der Waals surface area contributed by atoms with Crippen molar-refractivity contribution in [3.05, 3.63) is 22.2 Å². The van der Waals surface area contributed by atoms with Gasteiger partial charge in [0.2, 0.25) is 0 Å². The molecule has 4 bridgehead atoms. The quantitative estimate of drug-likeness (QED) is 0.775. The Morgan fingerprint density at radius 1 is 1.17 bits per heavy atom. The van der Waals surface area contributed by atoms with Crippen LogP contribution in [0, 0.1) is 29.3 Å². The van der Waals surface area contributed by atoms with Crippen molar-refractivity contribution in [1.29, 1.82) is 0 Å². The number of aromatic amines is 1. The number of nitrogens with one attached hydrogen (secondary N) is 1. The molecule has 0 radical (unpaired) electrons. The molecule has 2 nitrogen and oxygen atoms in total. The van der Waals surface area contributed by atoms with Crippen LogP contribution in [0.15, 0.2) is 6.07 Å². The standard InChI is InChI=1S/C15H20N2S/c1-9-2-13(18)17-14(16-9)15-6-10-3-11(7-15)5-12(4-10)8-15/h2,10-12H,3-8H2,1H3,(H,16,17,18). The first kappa shape index (κ1) is 11.2. The molecule has 4 saturated carbocycles. The molecule has 1 heterocycles. The SMILES string of the molecule is Cc1cc(=S)nc(C23CC4CC(CC(C4)C2)C3)[nH]1. The van der Waals surface area contributed by atoms with Crippen LogP contribution >= 0.6 is 12.2 Å². The minimum Gasteiger partial charge on any atom is -0.347 e. The fourth-order valence-corrected chi connectivity index (χ4v) is 5.50. The molecule has 0 amide bonds. The van der Waals surface area contributed by atoms with Crippen molar-refractivity contribution in [2.24, 2.45) is 17.8 Å². The van der Waals surface area contributed by atoms with E-state index in [2.05, 4.69) is 16.9 Å². The minimum absolute atomic E-state index is 0.342. The Bertz CT molecular complexity index is 510. The molecule has 0 aliphatic heterocycles. The van der Waals surface area contributed by atoms with Crippen LogP contribution in [0.5, 0.6) is 0 Å². The topological polar surface area (TPSA) is 28.7 Å². The van der Waals surface area contributed by atoms with E-state index in [0.29, 0.717) is 5.41 Å². The van der Waals surface area contributed by atoms with E-state index < -0.39 is 0 Å². The molecule has 1 aromatic heterocycles. The van der Waals surface area contributed by atoms with Crippen molar-refractivity contribution < 1.29 is 0 Å². The normalized spacial score (nSPS) is 41.3. The zero-order chi connectivity index (χ0) is 12.3. The number of hydrogen-bond acceptors (Lipinski definition) is 2. The molecule has 5 rings (SSSR count). The summed E-state index contributed by atoms with van der Waals surface area (Å²) in [5.74, 6) is 4.08. The van der Waals surface area contributed by atoms with Crippen LogP contribution in [-0.2, 0) is 5.41 Å². The predicted octanol–water partition coefficient (Wildman–Crippen LogP) is 3.92. The number of hydrogen-bond donors (Lipinski definition) is 1. The average Bonchev–Trinajstić information content (AvgIpc) is 2.25. The van der Waals surface area contributed by atoms with Gasteiger partial charge in [-0.05, 0) is 69.3 Å². The van der Waals surface area contributed by atoms with Gasteiger partial charge in [-0.15, -0.1) is 0 Å². The van der Waals surface area contributed by atoms with E-state index in [1.807, 2.05) is 6.07 Å². The highest BCUT2D eigenvalue weighted by atomic mass is 32.1. The highest BCUT2D eigenvalue weighted by Gasteiger charge is 2.52. The van der Waals surface area contributed by atoms with Gasteiger partial charge in [-0.1, -0.05) is 12.2 Å². The number of H-pyrrole nitrogens is 1. The van der Waals surface area contributed by atoms with Crippen LogP contribution in [-0.4, -0.2) is 9.97 Å². The van der Waals surface area contributed by atoms with Gasteiger partial charge in [-0.25, -0.2) is 4.98 Å². The molecular weight excluding hydrogens is 240 g/mol. The van der Waals surface area contributed by atoms with Crippen LogP contribution in [0.2, 0.25) is 0 Å². The smallest absolute Gasteiger partial charge is 0.130 e. The summed E-state index contributed by atoms with van der Waals surface area (Å²) in [4.78, 5) is 8.21. The first-order valence-electron chi connectivity index (χ1n) is 7.21. The molecule has 96 valence electrons. The highest BCUT2D eigenvalue weighted by molar-refractivity contribution is 7.71. The Morgan fingerprint density at radius 2 is 1.72 bits per heavy atom. The van der Waals surface area contributed by atoms with Crippen molar-refractivity contribution in [1.82, 2.24) is 9.97 Å². The lowest BCUT2D eigenvalue weighted by Gasteiger charge is -2.56. The molecule has 1 N–H and O–H groups in total. The Kier molecular flexibility index (Phi) is 2.27. The number of aryl methyl sites for hydroxylation is 1. The van der Waals surface area contributed by atoms with E-state index in [9.17, 15) is 0 Å². The summed E-state index contributed by atoms with van der Waals surface area (Å²) in [6, 6.07) is 1.97. The molecule has 1 aromatic rings. The third-order valence-electron chi connectivity index (χ3n) is 5.42. The molecule has 18 heavy (non-hydrogen) atoms. The van der Waals surface area contributed by atoms with Crippen molar-refractivity contribution >= 4 is 12.2 Å². The van der Waals surface area contributed by atoms with Crippen LogP contribution in [0.3, 0.4) is 0 Å². The van der Waals surface area contributed by atoms with Crippen molar-refractivity contribution in [3.8, 4) is 0 Å². The largest absolute Gasteiger partial charge is 0.347 e. The predicted molar refractivity (Wildman–Crippen MR) is 74.0 cm³/mol. The molecule has 0 aromatic carbocycles. The first-order valence-corrected chi connectivity index (χ1v) is 7.62. The minimum atomic E-state index is 0.342. The third kappa shape index (κ3) is 1.59. The Morgan fingerprint density at radius 3 is 2.22 bits per heavy atom. The van der Waals surface area contributed by atoms with Gasteiger partial charge in [0.15, 0.2) is 0 Å². The lowest BCUT2D eigenvalue weighted by atomic mass is 9.49. The molecule has 0 saturated heterocycles. The van der Waals surface area contributed by atoms with Gasteiger partial charge >= 0.3 is 0 Å². The van der Waals surface area contributed by atoms with Gasteiger partial charge in [0.05, 0.1) is 0 Å². The molecule has 0 atom stereocenters. The molecular formula is C15H20N2S. The van der Waals surface area contributed by atoms with E-state index in [-0.39, 0.29) is 0 Å². The zero-order valence-corrected chi connectivity index (χ0v) is 11.7. The fraction of sp³-hybridized carbons (Fsp3) is 0.733. The summed E-state index contributed by atoms with van der Waals surface area (Å²) in [6.07, 6.45) is 8.48. The number of rotatable bonds is 1. The van der Waals surface area contributed by atoms with Gasteiger partial charge in [0.1, 0.15) is 10.5 Å². The maximum absolute atomic E-state index is 5.31. The van der Waals surface area contributed by atoms with E-state index in [1.165, 1.54) is 50.0 Å². The summed E-state index contributed by atoms with van der Waals surface area (Å²) < 4.78 is 0.761. The van der Waals surface area contributed by atoms with Gasteiger partial charge in [0.25, 0.3) is 0 Å². The molecule has 3 heteroatoms. The monoisotopic (exact) mass is 260 g/mol. The zero-order valence-electron chi connectivity index (χ0n) is 10.9. The van der Waals surface area contributed by atoms with Crippen LogP contribution in [0.4, 0.5) is 0 Å². The Hall–Kier alpha value is -0.700. The third-order valence-corrected chi connectivity index (χ3v) is 5.63. The van der Waals surface area contributed by atoms with Gasteiger partial charge in [-0.3, -0.25) is 0 Å². The summed E-state index contributed by atoms with van der Waals surface area (Å²) in [6.45, 7) is 2.10. The maximum atomic E-state index is 5.31. The maximum Gasteiger partial charge on any atom is 0.130 e. The van der Waals surface area contributed by atoms with Gasteiger partial charge in [-0.2, -0.15) is 0 Å². The van der Waals surface area contributed by atoms with Crippen molar-refractivity contribution in [2.75, 3.05) is 0 Å². The summed E-state index contributed by atoms with van der Waals surface area (Å²) in [5, 5.41) is 0. The lowest BCUT2D eigenvalue weighted by Crippen LogP contribution is -2.49. The van der Waals surface area contributed by atoms with E-state index in [0.717, 1.165) is 22.4 Å². The lowest BCUT2D eigenvalue weighted by molar-refractivity contribution is -0.00951. The number of nitrogens with zero attached hydrogens (tertiary/aromatic N) is 1. The van der Waals surface area contributed by atoms with E-state index >= 15 is 0 Å². The molecule has 4 aliphatic carbocycles. The second-order valence-corrected chi connectivity index (χ2v) is 7.37. The molecule has 4 aliphatic rings. The summed E-state index contributed by atoms with van der Waals surface area (Å²) >= 11 is 5.31. The van der Waals surface area contributed by atoms with E-state index in [1.54, 1.807) is 0 Å². The van der Waals surface area contributed by atoms with Crippen molar-refractivity contribution in [3.63, 3.8) is 0 Å². The van der Waals surface area contributed by atoms with Crippen LogP contribution < -0.4 is 0 Å². The van der Waals surface area contributed by atoms with E-state index in [4.69, 9.17) is 12.2 Å². The fourth-order valence-electron chi connectivity index (χ4n) is 5.23. The number of aromatic nitrogens is 2. The van der Waals surface area contributed by atoms with Crippen LogP contribution in [0.25, 0.3) is 0 Å². The Balaban J connectivity index is 1.81. The van der Waals surface area contributed by atoms with Crippen molar-refractivity contribution in [2.45, 2.75) is 50.9 Å². The van der Waals surface area contributed by atoms with Gasteiger partial charge in [0, 0.05) is 11.1 Å². The molecule has 0 spiro atoms. The molecule has 0 unspecified atom stereocenters. The summed E-state index contributed by atoms with van der Waals surface area (Å²) in [5.41, 5.74) is 1.51. The highest BCUT2D eigenvalue weighted by Crippen LogP contribution is 2.60. The molecule has 4 fully saturated rings. The second kappa shape index (κ2) is 3.66. The second-order valence-electron chi connectivity index (χ2n) is 6.95.